The van der Waals surface area contributed by atoms with Gasteiger partial charge in [-0.2, -0.15) is 0 Å². The highest BCUT2D eigenvalue weighted by molar-refractivity contribution is 6.04. The Bertz CT molecular complexity index is 1130. The van der Waals surface area contributed by atoms with E-state index in [0.717, 1.165) is 47.7 Å². The van der Waals surface area contributed by atoms with E-state index >= 15 is 0 Å². The summed E-state index contributed by atoms with van der Waals surface area (Å²) < 4.78 is 0. The number of amides is 1. The van der Waals surface area contributed by atoms with E-state index in [4.69, 9.17) is 4.98 Å². The minimum absolute atomic E-state index is 0.127. The number of H-pyrrole nitrogens is 1. The molecule has 7 rings (SSSR count). The lowest BCUT2D eigenvalue weighted by Gasteiger charge is -2.57. The van der Waals surface area contributed by atoms with Gasteiger partial charge in [-0.25, -0.2) is 4.98 Å². The Hall–Kier alpha value is -3.08. The highest BCUT2D eigenvalue weighted by Gasteiger charge is 2.50. The smallest absolute Gasteiger partial charge is 0.276 e. The van der Waals surface area contributed by atoms with Crippen LogP contribution in [0.4, 0.5) is 5.69 Å². The van der Waals surface area contributed by atoms with Crippen LogP contribution in [-0.4, -0.2) is 21.0 Å². The number of phenolic OH excluding ortho intramolecular Hbond substituents is 1. The lowest BCUT2D eigenvalue weighted by molar-refractivity contribution is -0.0570. The van der Waals surface area contributed by atoms with Crippen molar-refractivity contribution in [3.05, 3.63) is 66.0 Å². The number of carbonyl (C=O) groups is 1. The van der Waals surface area contributed by atoms with Gasteiger partial charge < -0.3 is 15.4 Å². The van der Waals surface area contributed by atoms with Crippen LogP contribution in [-0.2, 0) is 6.42 Å². The van der Waals surface area contributed by atoms with Gasteiger partial charge in [0.15, 0.2) is 0 Å². The van der Waals surface area contributed by atoms with Crippen molar-refractivity contribution in [2.24, 2.45) is 23.2 Å². The van der Waals surface area contributed by atoms with E-state index in [1.165, 1.54) is 38.5 Å². The third kappa shape index (κ3) is 4.05. The van der Waals surface area contributed by atoms with E-state index < -0.39 is 0 Å². The standard InChI is InChI=1S/C28H31N3O2/c32-23-8-4-7-22(14-23)29-27(33)25-24(30-26(31-25)21-5-2-1-3-6-21)9-10-28-15-18-11-19(16-28)13-20(12-18)17-28/h1-8,14,18-20,32H,9-13,15-17H2,(H,29,33)(H,30,31). The molecule has 3 N–H and O–H groups in total. The fourth-order valence-electron chi connectivity index (χ4n) is 7.27. The second-order valence-electron chi connectivity index (χ2n) is 10.7. The van der Waals surface area contributed by atoms with Gasteiger partial charge in [0, 0.05) is 23.0 Å². The minimum atomic E-state index is -0.237. The maximum Gasteiger partial charge on any atom is 0.276 e. The summed E-state index contributed by atoms with van der Waals surface area (Å²) >= 11 is 0. The summed E-state index contributed by atoms with van der Waals surface area (Å²) in [5.74, 6) is 3.39. The molecule has 0 atom stereocenters. The van der Waals surface area contributed by atoms with Gasteiger partial charge in [-0.05, 0) is 86.7 Å². The number of nitrogens with one attached hydrogen (secondary N) is 2. The Labute approximate surface area is 194 Å². The molecule has 1 aromatic heterocycles. The molecule has 4 fully saturated rings. The molecule has 4 aliphatic carbocycles. The highest BCUT2D eigenvalue weighted by Crippen LogP contribution is 2.61. The van der Waals surface area contributed by atoms with Crippen LogP contribution in [0.25, 0.3) is 11.4 Å². The van der Waals surface area contributed by atoms with Crippen LogP contribution in [0.5, 0.6) is 5.75 Å². The van der Waals surface area contributed by atoms with Gasteiger partial charge >= 0.3 is 0 Å². The molecule has 0 aliphatic heterocycles. The topological polar surface area (TPSA) is 78.0 Å². The summed E-state index contributed by atoms with van der Waals surface area (Å²) in [7, 11) is 0. The van der Waals surface area contributed by atoms with Gasteiger partial charge in [0.25, 0.3) is 5.91 Å². The molecule has 1 heterocycles. The number of hydrogen-bond acceptors (Lipinski definition) is 3. The number of benzene rings is 2. The van der Waals surface area contributed by atoms with Crippen LogP contribution in [0.1, 0.15) is 61.1 Å². The van der Waals surface area contributed by atoms with Gasteiger partial charge in [0.2, 0.25) is 0 Å². The van der Waals surface area contributed by atoms with Crippen LogP contribution in [0.15, 0.2) is 54.6 Å². The van der Waals surface area contributed by atoms with Crippen molar-refractivity contribution < 1.29 is 9.90 Å². The van der Waals surface area contributed by atoms with Gasteiger partial charge in [-0.3, -0.25) is 4.79 Å². The van der Waals surface area contributed by atoms with E-state index in [-0.39, 0.29) is 11.7 Å². The molecule has 0 spiro atoms. The molecule has 4 bridgehead atoms. The van der Waals surface area contributed by atoms with Crippen LogP contribution in [0.3, 0.4) is 0 Å². The average Bonchev–Trinajstić information content (AvgIpc) is 3.22. The number of aryl methyl sites for hydroxylation is 1. The van der Waals surface area contributed by atoms with E-state index in [1.54, 1.807) is 24.3 Å². The quantitative estimate of drug-likeness (QED) is 0.427. The summed E-state index contributed by atoms with van der Waals surface area (Å²) in [5, 5.41) is 12.7. The molecule has 170 valence electrons. The van der Waals surface area contributed by atoms with Crippen LogP contribution in [0.2, 0.25) is 0 Å². The van der Waals surface area contributed by atoms with Crippen molar-refractivity contribution in [3.63, 3.8) is 0 Å². The molecule has 3 aromatic rings. The van der Waals surface area contributed by atoms with Gasteiger partial charge in [0.1, 0.15) is 17.3 Å². The Balaban J connectivity index is 1.27. The molecule has 5 heteroatoms. The molecule has 4 saturated carbocycles. The normalized spacial score (nSPS) is 27.6. The van der Waals surface area contributed by atoms with E-state index in [2.05, 4.69) is 10.3 Å². The molecular weight excluding hydrogens is 410 g/mol. The molecule has 4 aliphatic rings. The number of aromatic hydroxyl groups is 1. The number of anilines is 1. The lowest BCUT2D eigenvalue weighted by atomic mass is 9.48. The Morgan fingerprint density at radius 1 is 1.00 bits per heavy atom. The number of nitrogens with zero attached hydrogens (tertiary/aromatic N) is 1. The fourth-order valence-corrected chi connectivity index (χ4v) is 7.27. The van der Waals surface area contributed by atoms with Crippen molar-refractivity contribution in [3.8, 4) is 17.1 Å². The number of rotatable bonds is 6. The predicted molar refractivity (Wildman–Crippen MR) is 129 cm³/mol. The SMILES string of the molecule is O=C(Nc1cccc(O)c1)c1nc(-c2ccccc2)[nH]c1CCC12CC3CC(CC(C3)C1)C2. The third-order valence-corrected chi connectivity index (χ3v) is 8.22. The zero-order chi connectivity index (χ0) is 22.4. The minimum Gasteiger partial charge on any atom is -0.508 e. The Morgan fingerprint density at radius 3 is 2.36 bits per heavy atom. The van der Waals surface area contributed by atoms with Crippen molar-refractivity contribution in [2.45, 2.75) is 51.4 Å². The van der Waals surface area contributed by atoms with E-state index in [9.17, 15) is 9.90 Å². The predicted octanol–water partition coefficient (Wildman–Crippen LogP) is 6.18. The fraction of sp³-hybridized carbons (Fsp3) is 0.429. The van der Waals surface area contributed by atoms with Gasteiger partial charge in [-0.15, -0.1) is 0 Å². The third-order valence-electron chi connectivity index (χ3n) is 8.22. The van der Waals surface area contributed by atoms with Crippen LogP contribution < -0.4 is 5.32 Å². The maximum atomic E-state index is 13.2. The Kier molecular flexibility index (Phi) is 5.01. The molecule has 33 heavy (non-hydrogen) atoms. The van der Waals surface area contributed by atoms with E-state index in [0.29, 0.717) is 16.8 Å². The van der Waals surface area contributed by atoms with Crippen molar-refractivity contribution in [1.29, 1.82) is 0 Å². The number of hydrogen-bond donors (Lipinski definition) is 3. The molecule has 0 unspecified atom stereocenters. The molecule has 1 amide bonds. The number of aromatic amines is 1. The first kappa shape index (κ1) is 20.5. The summed E-state index contributed by atoms with van der Waals surface area (Å²) in [6, 6.07) is 16.6. The molecule has 5 nitrogen and oxygen atoms in total. The maximum absolute atomic E-state index is 13.2. The lowest BCUT2D eigenvalue weighted by Crippen LogP contribution is -2.46. The monoisotopic (exact) mass is 441 g/mol. The summed E-state index contributed by atoms with van der Waals surface area (Å²) in [6.07, 6.45) is 10.4. The second kappa shape index (κ2) is 8.05. The first-order chi connectivity index (χ1) is 16.1. The number of imidazole rings is 1. The Morgan fingerprint density at radius 2 is 1.70 bits per heavy atom. The molecular formula is C28H31N3O2. The second-order valence-corrected chi connectivity index (χ2v) is 10.7. The van der Waals surface area contributed by atoms with Crippen molar-refractivity contribution in [2.75, 3.05) is 5.32 Å². The largest absolute Gasteiger partial charge is 0.508 e. The van der Waals surface area contributed by atoms with E-state index in [1.807, 2.05) is 30.3 Å². The first-order valence-corrected chi connectivity index (χ1v) is 12.3. The zero-order valence-electron chi connectivity index (χ0n) is 18.9. The average molecular weight is 442 g/mol. The van der Waals surface area contributed by atoms with Gasteiger partial charge in [0.05, 0.1) is 0 Å². The first-order valence-electron chi connectivity index (χ1n) is 12.3. The summed E-state index contributed by atoms with van der Waals surface area (Å²) in [4.78, 5) is 21.5. The van der Waals surface area contributed by atoms with Crippen molar-refractivity contribution >= 4 is 11.6 Å². The molecule has 0 radical (unpaired) electrons. The highest BCUT2D eigenvalue weighted by atomic mass is 16.3. The van der Waals surface area contributed by atoms with Gasteiger partial charge in [-0.1, -0.05) is 36.4 Å². The molecule has 2 aromatic carbocycles. The summed E-state index contributed by atoms with van der Waals surface area (Å²) in [5.41, 5.74) is 3.37. The molecule has 0 saturated heterocycles. The number of aromatic nitrogens is 2. The van der Waals surface area contributed by atoms with Crippen molar-refractivity contribution in [1.82, 2.24) is 9.97 Å². The summed E-state index contributed by atoms with van der Waals surface area (Å²) in [6.45, 7) is 0. The number of carbonyl (C=O) groups excluding carboxylic acids is 1. The number of phenols is 1. The zero-order valence-corrected chi connectivity index (χ0v) is 18.9. The van der Waals surface area contributed by atoms with Crippen LogP contribution >= 0.6 is 0 Å². The van der Waals surface area contributed by atoms with Crippen LogP contribution in [0, 0.1) is 23.2 Å².